The Kier molecular flexibility index (Phi) is 3.54. The quantitative estimate of drug-likeness (QED) is 0.854. The van der Waals surface area contributed by atoms with Gasteiger partial charge in [0.15, 0.2) is 0 Å². The fourth-order valence-corrected chi connectivity index (χ4v) is 3.76. The Morgan fingerprint density at radius 2 is 2.24 bits per heavy atom. The molecule has 6 heteroatoms. The molecule has 3 rings (SSSR count). The number of hydrogen-bond acceptors (Lipinski definition) is 3. The van der Waals surface area contributed by atoms with Gasteiger partial charge in [0.05, 0.1) is 11.5 Å². The lowest BCUT2D eigenvalue weighted by molar-refractivity contribution is 0.171. The van der Waals surface area contributed by atoms with Crippen LogP contribution in [0, 0.1) is 23.1 Å². The van der Waals surface area contributed by atoms with E-state index in [2.05, 4.69) is 32.2 Å². The minimum Gasteiger partial charge on any atom is -0.320 e. The van der Waals surface area contributed by atoms with Gasteiger partial charge in [-0.2, -0.15) is 5.26 Å². The average molecular weight is 349 g/mol. The van der Waals surface area contributed by atoms with Crippen LogP contribution in [0.25, 0.3) is 0 Å². The van der Waals surface area contributed by atoms with Crippen molar-refractivity contribution >= 4 is 15.9 Å². The lowest BCUT2D eigenvalue weighted by Crippen LogP contribution is -2.44. The summed E-state index contributed by atoms with van der Waals surface area (Å²) in [5.41, 5.74) is 0.539. The summed E-state index contributed by atoms with van der Waals surface area (Å²) in [4.78, 5) is 0. The van der Waals surface area contributed by atoms with Crippen molar-refractivity contribution in [2.24, 2.45) is 13.0 Å². The SMILES string of the molecule is Cn1cnnc1[C@]1(c2cc(F)cc(Br)c2)C[C@@H](CC#N)C1. The summed E-state index contributed by atoms with van der Waals surface area (Å²) < 4.78 is 16.4. The Labute approximate surface area is 130 Å². The van der Waals surface area contributed by atoms with Crippen molar-refractivity contribution in [1.29, 1.82) is 5.26 Å². The maximum atomic E-state index is 13.8. The molecule has 1 aliphatic rings. The molecule has 21 heavy (non-hydrogen) atoms. The first-order chi connectivity index (χ1) is 10.0. The zero-order valence-corrected chi connectivity index (χ0v) is 13.1. The Morgan fingerprint density at radius 3 is 2.81 bits per heavy atom. The van der Waals surface area contributed by atoms with Crippen LogP contribution in [0.3, 0.4) is 0 Å². The molecule has 0 N–H and O–H groups in total. The average Bonchev–Trinajstić information content (AvgIpc) is 2.78. The number of halogens is 2. The van der Waals surface area contributed by atoms with Gasteiger partial charge in [-0.25, -0.2) is 4.39 Å². The predicted octanol–water partition coefficient (Wildman–Crippen LogP) is 3.33. The van der Waals surface area contributed by atoms with E-state index in [1.807, 2.05) is 17.7 Å². The van der Waals surface area contributed by atoms with Gasteiger partial charge < -0.3 is 4.57 Å². The fourth-order valence-electron chi connectivity index (χ4n) is 3.29. The highest BCUT2D eigenvalue weighted by molar-refractivity contribution is 9.10. The Balaban J connectivity index is 2.06. The maximum Gasteiger partial charge on any atom is 0.143 e. The number of hydrogen-bond donors (Lipinski definition) is 0. The van der Waals surface area contributed by atoms with Crippen LogP contribution in [0.4, 0.5) is 4.39 Å². The highest BCUT2D eigenvalue weighted by atomic mass is 79.9. The van der Waals surface area contributed by atoms with Gasteiger partial charge >= 0.3 is 0 Å². The summed E-state index contributed by atoms with van der Waals surface area (Å²) in [5.74, 6) is 0.882. The summed E-state index contributed by atoms with van der Waals surface area (Å²) >= 11 is 3.35. The molecule has 2 aromatic rings. The maximum absolute atomic E-state index is 13.8. The molecule has 4 nitrogen and oxygen atoms in total. The lowest BCUT2D eigenvalue weighted by Gasteiger charge is -2.46. The minimum atomic E-state index is -0.350. The minimum absolute atomic E-state index is 0.273. The zero-order valence-electron chi connectivity index (χ0n) is 11.6. The molecule has 0 atom stereocenters. The lowest BCUT2D eigenvalue weighted by atomic mass is 9.57. The van der Waals surface area contributed by atoms with Crippen LogP contribution < -0.4 is 0 Å². The van der Waals surface area contributed by atoms with Gasteiger partial charge in [-0.05, 0) is 42.5 Å². The molecule has 1 saturated carbocycles. The summed E-state index contributed by atoms with van der Waals surface area (Å²) in [6.07, 6.45) is 3.77. The van der Waals surface area contributed by atoms with Crippen LogP contribution in [0.2, 0.25) is 0 Å². The summed E-state index contributed by atoms with van der Waals surface area (Å²) in [6.45, 7) is 0. The van der Waals surface area contributed by atoms with Gasteiger partial charge in [-0.1, -0.05) is 15.9 Å². The van der Waals surface area contributed by atoms with Crippen molar-refractivity contribution in [3.05, 3.63) is 46.2 Å². The smallest absolute Gasteiger partial charge is 0.143 e. The highest BCUT2D eigenvalue weighted by Crippen LogP contribution is 2.53. The second kappa shape index (κ2) is 5.23. The summed E-state index contributed by atoms with van der Waals surface area (Å²) in [5, 5.41) is 17.1. The van der Waals surface area contributed by atoms with Crippen molar-refractivity contribution < 1.29 is 4.39 Å². The summed E-state index contributed by atoms with van der Waals surface area (Å²) in [6, 6.07) is 7.15. The van der Waals surface area contributed by atoms with E-state index in [-0.39, 0.29) is 11.2 Å². The van der Waals surface area contributed by atoms with Crippen LogP contribution in [-0.2, 0) is 12.5 Å². The van der Waals surface area contributed by atoms with Crippen LogP contribution in [-0.4, -0.2) is 14.8 Å². The van der Waals surface area contributed by atoms with Gasteiger partial charge in [-0.15, -0.1) is 10.2 Å². The third-order valence-electron chi connectivity index (χ3n) is 4.21. The second-order valence-corrected chi connectivity index (χ2v) is 6.56. The molecule has 0 aliphatic heterocycles. The molecule has 0 radical (unpaired) electrons. The number of nitrogens with zero attached hydrogens (tertiary/aromatic N) is 4. The molecular weight excluding hydrogens is 335 g/mol. The van der Waals surface area contributed by atoms with E-state index in [0.29, 0.717) is 16.8 Å². The zero-order chi connectivity index (χ0) is 15.0. The first kappa shape index (κ1) is 14.2. The number of aromatic nitrogens is 3. The van der Waals surface area contributed by atoms with Crippen LogP contribution >= 0.6 is 15.9 Å². The topological polar surface area (TPSA) is 54.5 Å². The molecule has 108 valence electrons. The molecule has 0 spiro atoms. The molecule has 1 aromatic carbocycles. The second-order valence-electron chi connectivity index (χ2n) is 5.64. The normalized spacial score (nSPS) is 24.4. The van der Waals surface area contributed by atoms with E-state index >= 15 is 0 Å². The van der Waals surface area contributed by atoms with Crippen LogP contribution in [0.15, 0.2) is 29.0 Å². The van der Waals surface area contributed by atoms with Crippen molar-refractivity contribution in [2.45, 2.75) is 24.7 Å². The largest absolute Gasteiger partial charge is 0.320 e. The number of benzene rings is 1. The third-order valence-corrected chi connectivity index (χ3v) is 4.67. The van der Waals surface area contributed by atoms with Crippen LogP contribution in [0.1, 0.15) is 30.7 Å². The Morgan fingerprint density at radius 1 is 1.48 bits per heavy atom. The van der Waals surface area contributed by atoms with E-state index in [1.165, 1.54) is 6.07 Å². The van der Waals surface area contributed by atoms with Gasteiger partial charge in [0, 0.05) is 17.9 Å². The molecule has 0 amide bonds. The molecule has 1 heterocycles. The van der Waals surface area contributed by atoms with E-state index in [0.717, 1.165) is 24.2 Å². The third kappa shape index (κ3) is 2.36. The predicted molar refractivity (Wildman–Crippen MR) is 78.8 cm³/mol. The number of nitriles is 1. The van der Waals surface area contributed by atoms with E-state index in [9.17, 15) is 4.39 Å². The van der Waals surface area contributed by atoms with Crippen molar-refractivity contribution in [3.63, 3.8) is 0 Å². The van der Waals surface area contributed by atoms with Crippen molar-refractivity contribution in [3.8, 4) is 6.07 Å². The van der Waals surface area contributed by atoms with E-state index in [1.54, 1.807) is 12.4 Å². The van der Waals surface area contributed by atoms with E-state index < -0.39 is 0 Å². The first-order valence-corrected chi connectivity index (χ1v) is 7.52. The molecule has 1 fully saturated rings. The molecule has 1 aliphatic carbocycles. The molecule has 0 unspecified atom stereocenters. The van der Waals surface area contributed by atoms with Crippen molar-refractivity contribution in [1.82, 2.24) is 14.8 Å². The monoisotopic (exact) mass is 348 g/mol. The molecule has 0 bridgehead atoms. The van der Waals surface area contributed by atoms with Gasteiger partial charge in [0.2, 0.25) is 0 Å². The molecule has 0 saturated heterocycles. The standard InChI is InChI=1S/C15H14BrFN4/c1-21-9-19-20-14(21)15(7-10(8-15)2-3-18)11-4-12(16)6-13(17)5-11/h4-6,9-10H,2,7-8H2,1H3/t10-,15-. The highest BCUT2D eigenvalue weighted by Gasteiger charge is 2.49. The van der Waals surface area contributed by atoms with Crippen LogP contribution in [0.5, 0.6) is 0 Å². The summed E-state index contributed by atoms with van der Waals surface area (Å²) in [7, 11) is 1.89. The number of rotatable bonds is 3. The fraction of sp³-hybridized carbons (Fsp3) is 0.400. The van der Waals surface area contributed by atoms with E-state index in [4.69, 9.17) is 5.26 Å². The van der Waals surface area contributed by atoms with Gasteiger partial charge in [-0.3, -0.25) is 0 Å². The molecule has 1 aromatic heterocycles. The Hall–Kier alpha value is -1.74. The van der Waals surface area contributed by atoms with Gasteiger partial charge in [0.25, 0.3) is 0 Å². The molecular formula is C15H14BrFN4. The first-order valence-electron chi connectivity index (χ1n) is 6.73. The van der Waals surface area contributed by atoms with Crippen molar-refractivity contribution in [2.75, 3.05) is 0 Å². The number of aryl methyl sites for hydroxylation is 1. The Bertz CT molecular complexity index is 692. The van der Waals surface area contributed by atoms with Gasteiger partial charge in [0.1, 0.15) is 18.0 Å².